The molecule has 0 aliphatic carbocycles. The zero-order chi connectivity index (χ0) is 4.24. The molecule has 6 heavy (non-hydrogen) atoms. The van der Waals surface area contributed by atoms with Crippen LogP contribution in [0.15, 0.2) is 12.2 Å². The van der Waals surface area contributed by atoms with Crippen molar-refractivity contribution in [2.75, 3.05) is 12.3 Å². The van der Waals surface area contributed by atoms with Crippen LogP contribution in [-0.2, 0) is 0 Å². The molecular formula is C4H6NS. The summed E-state index contributed by atoms with van der Waals surface area (Å²) in [4.78, 5) is 0. The Hall–Kier alpha value is 0.0500. The van der Waals surface area contributed by atoms with E-state index in [0.717, 1.165) is 12.3 Å². The molecule has 1 aliphatic heterocycles. The molecule has 0 spiro atoms. The molecule has 33 valence electrons. The fourth-order valence-corrected chi connectivity index (χ4v) is 0.853. The molecule has 1 heterocycles. The predicted octanol–water partition coefficient (Wildman–Crippen LogP) is 0.809. The molecule has 0 saturated carbocycles. The third-order valence-corrected chi connectivity index (χ3v) is 1.28. The van der Waals surface area contributed by atoms with Crippen LogP contribution < -0.4 is 4.72 Å². The van der Waals surface area contributed by atoms with Crippen molar-refractivity contribution < 1.29 is 0 Å². The summed E-state index contributed by atoms with van der Waals surface area (Å²) in [6.45, 7) is 0.907. The summed E-state index contributed by atoms with van der Waals surface area (Å²) in [5, 5.41) is 0. The van der Waals surface area contributed by atoms with Gasteiger partial charge >= 0.3 is 0 Å². The topological polar surface area (TPSA) is 14.1 Å². The van der Waals surface area contributed by atoms with E-state index in [-0.39, 0.29) is 0 Å². The van der Waals surface area contributed by atoms with Gasteiger partial charge in [-0.15, -0.1) is 0 Å². The molecule has 0 aromatic carbocycles. The lowest BCUT2D eigenvalue weighted by Crippen LogP contribution is -1.98. The van der Waals surface area contributed by atoms with Crippen LogP contribution in [0, 0.1) is 0 Å². The Balaban J connectivity index is 2.26. The molecule has 0 atom stereocenters. The quantitative estimate of drug-likeness (QED) is 0.324. The summed E-state index contributed by atoms with van der Waals surface area (Å²) in [7, 11) is 0. The average Bonchev–Trinajstić information content (AvgIpc) is 1.72. The molecule has 0 unspecified atom stereocenters. The van der Waals surface area contributed by atoms with Gasteiger partial charge in [0.15, 0.2) is 0 Å². The van der Waals surface area contributed by atoms with E-state index >= 15 is 0 Å². The molecule has 0 aromatic rings. The van der Waals surface area contributed by atoms with Crippen molar-refractivity contribution in [1.82, 2.24) is 4.72 Å². The highest BCUT2D eigenvalue weighted by Gasteiger charge is 1.87. The van der Waals surface area contributed by atoms with Crippen LogP contribution in [0.25, 0.3) is 0 Å². The van der Waals surface area contributed by atoms with Crippen molar-refractivity contribution in [3.8, 4) is 0 Å². The Labute approximate surface area is 41.9 Å². The second-order valence-corrected chi connectivity index (χ2v) is 1.93. The minimum Gasteiger partial charge on any atom is -0.171 e. The van der Waals surface area contributed by atoms with Gasteiger partial charge < -0.3 is 0 Å². The van der Waals surface area contributed by atoms with Gasteiger partial charge in [-0.3, -0.25) is 0 Å². The van der Waals surface area contributed by atoms with Crippen LogP contribution in [0.2, 0.25) is 0 Å². The molecular weight excluding hydrogens is 94.1 g/mol. The summed E-state index contributed by atoms with van der Waals surface area (Å²) < 4.78 is 4.01. The predicted molar refractivity (Wildman–Crippen MR) is 28.6 cm³/mol. The molecule has 0 N–H and O–H groups in total. The van der Waals surface area contributed by atoms with Gasteiger partial charge in [0.2, 0.25) is 0 Å². The third-order valence-electron chi connectivity index (χ3n) is 0.609. The summed E-state index contributed by atoms with van der Waals surface area (Å²) >= 11 is 1.63. The van der Waals surface area contributed by atoms with E-state index in [1.165, 1.54) is 0 Å². The summed E-state index contributed by atoms with van der Waals surface area (Å²) in [5.41, 5.74) is 0. The number of hydrogen-bond acceptors (Lipinski definition) is 1. The van der Waals surface area contributed by atoms with Crippen LogP contribution in [0.1, 0.15) is 0 Å². The average molecular weight is 100 g/mol. The van der Waals surface area contributed by atoms with Crippen molar-refractivity contribution in [2.24, 2.45) is 0 Å². The molecule has 0 bridgehead atoms. The zero-order valence-electron chi connectivity index (χ0n) is 3.42. The van der Waals surface area contributed by atoms with Crippen molar-refractivity contribution in [2.45, 2.75) is 0 Å². The van der Waals surface area contributed by atoms with E-state index in [0.29, 0.717) is 0 Å². The van der Waals surface area contributed by atoms with E-state index in [2.05, 4.69) is 16.9 Å². The first kappa shape index (κ1) is 4.22. The van der Waals surface area contributed by atoms with Gasteiger partial charge in [0, 0.05) is 12.3 Å². The van der Waals surface area contributed by atoms with Gasteiger partial charge in [-0.25, -0.2) is 0 Å². The van der Waals surface area contributed by atoms with Gasteiger partial charge in [0.1, 0.15) is 0 Å². The van der Waals surface area contributed by atoms with Gasteiger partial charge in [0.25, 0.3) is 0 Å². The molecule has 0 saturated heterocycles. The Bertz CT molecular complexity index is 52.6. The maximum atomic E-state index is 4.01. The second-order valence-electron chi connectivity index (χ2n) is 1.08. The highest BCUT2D eigenvalue weighted by Crippen LogP contribution is 1.99. The molecule has 0 aromatic heterocycles. The molecule has 1 nitrogen and oxygen atoms in total. The van der Waals surface area contributed by atoms with E-state index in [1.807, 2.05) is 0 Å². The second kappa shape index (κ2) is 2.26. The Morgan fingerprint density at radius 3 is 2.67 bits per heavy atom. The van der Waals surface area contributed by atoms with Crippen LogP contribution in [0.5, 0.6) is 0 Å². The smallest absolute Gasteiger partial charge is 0.0437 e. The molecule has 2 heteroatoms. The van der Waals surface area contributed by atoms with E-state index in [1.54, 1.807) is 11.9 Å². The number of hydrogen-bond donors (Lipinski definition) is 0. The van der Waals surface area contributed by atoms with E-state index < -0.39 is 0 Å². The third kappa shape index (κ3) is 1.03. The highest BCUT2D eigenvalue weighted by atomic mass is 32.2. The fourth-order valence-electron chi connectivity index (χ4n) is 0.334. The highest BCUT2D eigenvalue weighted by molar-refractivity contribution is 7.97. The molecule has 1 aliphatic rings. The molecule has 0 fully saturated rings. The first-order chi connectivity index (χ1) is 3.00. The van der Waals surface area contributed by atoms with Crippen molar-refractivity contribution in [3.05, 3.63) is 12.2 Å². The first-order valence-corrected chi connectivity index (χ1v) is 2.88. The maximum Gasteiger partial charge on any atom is 0.0437 e. The van der Waals surface area contributed by atoms with Gasteiger partial charge in [-0.05, 0) is 0 Å². The Morgan fingerprint density at radius 2 is 2.50 bits per heavy atom. The minimum absolute atomic E-state index is 0.907. The normalized spacial score (nSPS) is 21.3. The molecule has 1 radical (unpaired) electrons. The van der Waals surface area contributed by atoms with Crippen LogP contribution >= 0.6 is 11.9 Å². The fraction of sp³-hybridized carbons (Fsp3) is 0.500. The van der Waals surface area contributed by atoms with E-state index in [9.17, 15) is 0 Å². The first-order valence-electron chi connectivity index (χ1n) is 1.94. The van der Waals surface area contributed by atoms with Crippen LogP contribution in [0.3, 0.4) is 0 Å². The monoisotopic (exact) mass is 100 g/mol. The Morgan fingerprint density at radius 1 is 1.50 bits per heavy atom. The van der Waals surface area contributed by atoms with Crippen molar-refractivity contribution in [3.63, 3.8) is 0 Å². The summed E-state index contributed by atoms with van der Waals surface area (Å²) in [5.74, 6) is 1.07. The zero-order valence-corrected chi connectivity index (χ0v) is 4.24. The standard InChI is InChI=1S/C4H6NS/c1-2-4-6-5-3-1/h1-2H,3-4H2. The summed E-state index contributed by atoms with van der Waals surface area (Å²) in [6.07, 6.45) is 4.22. The van der Waals surface area contributed by atoms with Crippen molar-refractivity contribution in [1.29, 1.82) is 0 Å². The lowest BCUT2D eigenvalue weighted by atomic mass is 10.5. The van der Waals surface area contributed by atoms with Gasteiger partial charge in [0.05, 0.1) is 0 Å². The Kier molecular flexibility index (Phi) is 1.59. The largest absolute Gasteiger partial charge is 0.171 e. The SMILES string of the molecule is C1=CCS[N]C1. The van der Waals surface area contributed by atoms with Crippen molar-refractivity contribution >= 4 is 11.9 Å². The minimum atomic E-state index is 0.907. The number of nitrogens with zero attached hydrogens (tertiary/aromatic N) is 1. The maximum absolute atomic E-state index is 4.01. The van der Waals surface area contributed by atoms with Crippen LogP contribution in [0.4, 0.5) is 0 Å². The summed E-state index contributed by atoms with van der Waals surface area (Å²) in [6, 6.07) is 0. The number of rotatable bonds is 0. The molecule has 1 rings (SSSR count). The van der Waals surface area contributed by atoms with Gasteiger partial charge in [-0.2, -0.15) is 4.72 Å². The lowest BCUT2D eigenvalue weighted by molar-refractivity contribution is 1.09. The van der Waals surface area contributed by atoms with E-state index in [4.69, 9.17) is 0 Å². The van der Waals surface area contributed by atoms with Crippen LogP contribution in [-0.4, -0.2) is 12.3 Å². The van der Waals surface area contributed by atoms with Gasteiger partial charge in [-0.1, -0.05) is 24.1 Å². The molecule has 0 amide bonds. The lowest BCUT2D eigenvalue weighted by Gasteiger charge is -1.97.